The van der Waals surface area contributed by atoms with E-state index >= 15 is 0 Å². The summed E-state index contributed by atoms with van der Waals surface area (Å²) in [6, 6.07) is 29.1. The van der Waals surface area contributed by atoms with Gasteiger partial charge in [-0.3, -0.25) is 4.79 Å². The van der Waals surface area contributed by atoms with E-state index < -0.39 is 8.15 Å². The maximum absolute atomic E-state index is 13.0. The van der Waals surface area contributed by atoms with Gasteiger partial charge >= 0.3 is 0 Å². The molecule has 1 amide bonds. The third-order valence-corrected chi connectivity index (χ3v) is 7.45. The number of hydrogen-bond acceptors (Lipinski definition) is 2. The van der Waals surface area contributed by atoms with Crippen molar-refractivity contribution in [3.63, 3.8) is 0 Å². The van der Waals surface area contributed by atoms with E-state index in [1.54, 1.807) is 0 Å². The van der Waals surface area contributed by atoms with Gasteiger partial charge < -0.3 is 10.2 Å². The van der Waals surface area contributed by atoms with Gasteiger partial charge in [0.25, 0.3) is 0 Å². The molecule has 168 valence electrons. The van der Waals surface area contributed by atoms with Crippen molar-refractivity contribution in [3.05, 3.63) is 96.1 Å². The Bertz CT molecular complexity index is 944. The largest absolute Gasteiger partial charge is 0.374 e. The van der Waals surface area contributed by atoms with Crippen molar-refractivity contribution in [3.8, 4) is 11.1 Å². The van der Waals surface area contributed by atoms with Crippen LogP contribution in [0.4, 0.5) is 0 Å². The van der Waals surface area contributed by atoms with Crippen molar-refractivity contribution in [1.82, 2.24) is 5.32 Å². The highest BCUT2D eigenvalue weighted by Gasteiger charge is 2.23. The molecular formula is C28H34NO2P. The molecule has 0 aliphatic rings. The smallest absolute Gasteiger partial charge is 0.224 e. The van der Waals surface area contributed by atoms with E-state index in [2.05, 4.69) is 60.8 Å². The third kappa shape index (κ3) is 7.58. The molecule has 0 fully saturated rings. The van der Waals surface area contributed by atoms with Gasteiger partial charge in [0.05, 0.1) is 0 Å². The fourth-order valence-electron chi connectivity index (χ4n) is 3.70. The van der Waals surface area contributed by atoms with Crippen LogP contribution in [0.3, 0.4) is 0 Å². The number of nitrogens with one attached hydrogen (secondary N) is 1. The topological polar surface area (TPSA) is 49.3 Å². The Morgan fingerprint density at radius 1 is 0.875 bits per heavy atom. The fraction of sp³-hybridized carbons (Fsp3) is 0.321. The van der Waals surface area contributed by atoms with Gasteiger partial charge in [-0.1, -0.05) is 91.9 Å². The van der Waals surface area contributed by atoms with Crippen molar-refractivity contribution in [2.45, 2.75) is 39.2 Å². The molecule has 0 bridgehead atoms. The van der Waals surface area contributed by atoms with Crippen LogP contribution in [-0.2, 0) is 17.6 Å². The molecule has 4 heteroatoms. The summed E-state index contributed by atoms with van der Waals surface area (Å²) >= 11 is 0. The van der Waals surface area contributed by atoms with Gasteiger partial charge in [0.1, 0.15) is 0 Å². The summed E-state index contributed by atoms with van der Waals surface area (Å²) in [5.41, 5.74) is 4.71. The van der Waals surface area contributed by atoms with Crippen LogP contribution in [0, 0.1) is 5.92 Å². The predicted molar refractivity (Wildman–Crippen MR) is 136 cm³/mol. The minimum Gasteiger partial charge on any atom is -0.374 e. The number of rotatable bonds is 11. The summed E-state index contributed by atoms with van der Waals surface area (Å²) in [7, 11) is -1.20. The molecule has 0 aromatic heterocycles. The Hall–Kier alpha value is -2.48. The first-order valence-electron chi connectivity index (χ1n) is 11.5. The first kappa shape index (κ1) is 24.2. The highest BCUT2D eigenvalue weighted by Crippen LogP contribution is 2.35. The Balaban J connectivity index is 1.65. The highest BCUT2D eigenvalue weighted by molar-refractivity contribution is 7.51. The molecule has 3 nitrogen and oxygen atoms in total. The predicted octanol–water partition coefficient (Wildman–Crippen LogP) is 6.06. The lowest BCUT2D eigenvalue weighted by atomic mass is 9.97. The minimum atomic E-state index is -1.20. The second-order valence-corrected chi connectivity index (χ2v) is 10.3. The van der Waals surface area contributed by atoms with Gasteiger partial charge in [-0.25, -0.2) is 0 Å². The van der Waals surface area contributed by atoms with E-state index in [0.29, 0.717) is 12.6 Å². The molecular weight excluding hydrogens is 413 g/mol. The van der Waals surface area contributed by atoms with E-state index in [4.69, 9.17) is 0 Å². The van der Waals surface area contributed by atoms with Crippen LogP contribution in [0.2, 0.25) is 0 Å². The third-order valence-electron chi connectivity index (χ3n) is 5.85. The molecule has 0 saturated carbocycles. The van der Waals surface area contributed by atoms with E-state index in [0.717, 1.165) is 24.6 Å². The lowest BCUT2D eigenvalue weighted by molar-refractivity contribution is -0.125. The van der Waals surface area contributed by atoms with Gasteiger partial charge in [-0.05, 0) is 54.6 Å². The lowest BCUT2D eigenvalue weighted by Crippen LogP contribution is -2.39. The molecule has 32 heavy (non-hydrogen) atoms. The molecule has 0 radical (unpaired) electrons. The fourth-order valence-corrected chi connectivity index (χ4v) is 5.20. The van der Waals surface area contributed by atoms with E-state index in [-0.39, 0.29) is 17.9 Å². The quantitative estimate of drug-likeness (QED) is 0.351. The Kier molecular flexibility index (Phi) is 9.46. The maximum atomic E-state index is 13.0. The molecule has 3 aromatic rings. The average molecular weight is 448 g/mol. The summed E-state index contributed by atoms with van der Waals surface area (Å²) in [6.07, 6.45) is 3.63. The molecule has 3 aromatic carbocycles. The number of carbonyl (C=O) groups is 1. The minimum absolute atomic E-state index is 0.0488. The zero-order valence-electron chi connectivity index (χ0n) is 19.1. The molecule has 0 heterocycles. The Labute approximate surface area is 193 Å². The first-order valence-corrected chi connectivity index (χ1v) is 13.1. The zero-order valence-corrected chi connectivity index (χ0v) is 20.0. The first-order chi connectivity index (χ1) is 15.5. The summed E-state index contributed by atoms with van der Waals surface area (Å²) in [4.78, 5) is 23.8. The summed E-state index contributed by atoms with van der Waals surface area (Å²) < 4.78 is 0. The van der Waals surface area contributed by atoms with Crippen LogP contribution in [0.25, 0.3) is 11.1 Å². The van der Waals surface area contributed by atoms with Gasteiger partial charge in [0.15, 0.2) is 0 Å². The average Bonchev–Trinajstić information content (AvgIpc) is 2.84. The van der Waals surface area contributed by atoms with Crippen molar-refractivity contribution in [1.29, 1.82) is 0 Å². The monoisotopic (exact) mass is 447 g/mol. The normalized spacial score (nSPS) is 13.8. The van der Waals surface area contributed by atoms with Crippen LogP contribution in [0.1, 0.15) is 31.4 Å². The van der Waals surface area contributed by atoms with Crippen molar-refractivity contribution in [2.75, 3.05) is 12.3 Å². The van der Waals surface area contributed by atoms with Crippen LogP contribution >= 0.6 is 8.15 Å². The molecule has 0 spiro atoms. The maximum Gasteiger partial charge on any atom is 0.224 e. The van der Waals surface area contributed by atoms with Crippen LogP contribution in [0.15, 0.2) is 84.9 Å². The van der Waals surface area contributed by atoms with Gasteiger partial charge in [-0.2, -0.15) is 0 Å². The van der Waals surface area contributed by atoms with Crippen molar-refractivity contribution in [2.24, 2.45) is 5.92 Å². The zero-order chi connectivity index (χ0) is 22.8. The highest BCUT2D eigenvalue weighted by atomic mass is 31.1. The van der Waals surface area contributed by atoms with Gasteiger partial charge in [0.2, 0.25) is 5.91 Å². The molecule has 0 saturated heterocycles. The van der Waals surface area contributed by atoms with Crippen LogP contribution in [-0.4, -0.2) is 29.2 Å². The van der Waals surface area contributed by atoms with Crippen LogP contribution < -0.4 is 5.32 Å². The van der Waals surface area contributed by atoms with Crippen molar-refractivity contribution >= 4 is 14.1 Å². The number of hydrogen-bond donors (Lipinski definition) is 2. The SMILES string of the molecule is CCC(C)NC(=O)C(Cc1ccc(-c2ccccc2)cc1)CP(O)CCc1ccccc1. The van der Waals surface area contributed by atoms with E-state index in [1.165, 1.54) is 16.7 Å². The molecule has 0 aliphatic carbocycles. The molecule has 3 unspecified atom stereocenters. The number of carbonyl (C=O) groups excluding carboxylic acids is 1. The molecule has 3 rings (SSSR count). The van der Waals surface area contributed by atoms with Gasteiger partial charge in [0, 0.05) is 26.3 Å². The van der Waals surface area contributed by atoms with Crippen molar-refractivity contribution < 1.29 is 9.69 Å². The molecule has 3 atom stereocenters. The number of amides is 1. The standard InChI is InChI=1S/C28H34NO2P/c1-3-22(2)29-28(30)27(21-32(31)19-18-23-10-6-4-7-11-23)20-24-14-16-26(17-15-24)25-12-8-5-9-13-25/h4-17,22,27,31H,3,18-21H2,1-2H3,(H,29,30). The second-order valence-electron chi connectivity index (χ2n) is 8.43. The van der Waals surface area contributed by atoms with E-state index in [1.807, 2.05) is 43.3 Å². The van der Waals surface area contributed by atoms with E-state index in [9.17, 15) is 9.69 Å². The summed E-state index contributed by atoms with van der Waals surface area (Å²) in [5, 5.41) is 3.13. The van der Waals surface area contributed by atoms with Gasteiger partial charge in [-0.15, -0.1) is 0 Å². The summed E-state index contributed by atoms with van der Waals surface area (Å²) in [6.45, 7) is 4.10. The number of aryl methyl sites for hydroxylation is 1. The second kappa shape index (κ2) is 12.5. The Morgan fingerprint density at radius 2 is 1.47 bits per heavy atom. The summed E-state index contributed by atoms with van der Waals surface area (Å²) in [5.74, 6) is -0.175. The van der Waals surface area contributed by atoms with Crippen LogP contribution in [0.5, 0.6) is 0 Å². The molecule has 2 N–H and O–H groups in total. The Morgan fingerprint density at radius 3 is 2.09 bits per heavy atom. The molecule has 0 aliphatic heterocycles. The number of benzene rings is 3. The lowest BCUT2D eigenvalue weighted by Gasteiger charge is -2.22.